The summed E-state index contributed by atoms with van der Waals surface area (Å²) in [7, 11) is 6.49. The molecule has 5 aliphatic rings. The number of anilines is 3. The molecule has 3 saturated carbocycles. The molecule has 23 heteroatoms. The van der Waals surface area contributed by atoms with Crippen molar-refractivity contribution in [2.45, 2.75) is 101 Å². The Hall–Kier alpha value is -12.0. The summed E-state index contributed by atoms with van der Waals surface area (Å²) >= 11 is 0. The monoisotopic (exact) mass is 1500 g/mol. The van der Waals surface area contributed by atoms with Crippen molar-refractivity contribution in [3.05, 3.63) is 236 Å². The van der Waals surface area contributed by atoms with Crippen LogP contribution in [0.1, 0.15) is 93.2 Å². The molecule has 0 unspecified atom stereocenters. The molecule has 0 bridgehead atoms. The second-order valence-electron chi connectivity index (χ2n) is 31.9. The molecule has 3 aliphatic carbocycles. The zero-order valence-corrected chi connectivity index (χ0v) is 64.6. The summed E-state index contributed by atoms with van der Waals surface area (Å²) in [5, 5.41) is 10.4. The van der Waals surface area contributed by atoms with Gasteiger partial charge in [0.05, 0.1) is 38.7 Å². The van der Waals surface area contributed by atoms with Crippen molar-refractivity contribution in [1.29, 1.82) is 0 Å². The van der Waals surface area contributed by atoms with Crippen LogP contribution in [0.5, 0.6) is 0 Å². The lowest BCUT2D eigenvalue weighted by molar-refractivity contribution is -0.0335. The van der Waals surface area contributed by atoms with Gasteiger partial charge >= 0.3 is 0 Å². The van der Waals surface area contributed by atoms with Crippen molar-refractivity contribution < 1.29 is 5.11 Å². The van der Waals surface area contributed by atoms with Gasteiger partial charge in [-0.2, -0.15) is 0 Å². The van der Waals surface area contributed by atoms with Crippen LogP contribution < -0.4 is 17.2 Å². The van der Waals surface area contributed by atoms with E-state index in [-0.39, 0.29) is 5.92 Å². The lowest BCUT2D eigenvalue weighted by Crippen LogP contribution is -2.52. The SMILES string of the molecule is CC1(O)CC(c2nc(-c3ccc4c(c3)nc(-c3ccccc3)n4Cc3ccccc3)c3c(N)nccn23)C1.CCn1c(-c2ccccc2)nc2cc(-c3nc(C4CC(N5CCN(C)CC5)C4)n4ccnc(N)c34)ccc21.CN1CCN(C2CC(c3nc(-c4ccc5c(c4)nc(-c4ccccc4)n5C)c4c(N)nccn34)C2)CC1. The van der Waals surface area contributed by atoms with Gasteiger partial charge in [0.1, 0.15) is 86.0 Å². The summed E-state index contributed by atoms with van der Waals surface area (Å²) in [5.74, 6) is 8.46. The largest absolute Gasteiger partial charge is 0.390 e. The van der Waals surface area contributed by atoms with Crippen LogP contribution in [0.4, 0.5) is 17.5 Å². The first kappa shape index (κ1) is 71.3. The molecule has 0 amide bonds. The molecular formula is C90H94N22O. The number of nitrogens with two attached hydrogens (primary N) is 3. The maximum absolute atomic E-state index is 10.4. The quantitative estimate of drug-likeness (QED) is 0.0789. The summed E-state index contributed by atoms with van der Waals surface area (Å²) in [4.78, 5) is 54.0. The van der Waals surface area contributed by atoms with E-state index in [0.717, 1.165) is 226 Å². The highest BCUT2D eigenvalue weighted by atomic mass is 16.3. The highest BCUT2D eigenvalue weighted by Gasteiger charge is 2.43. The van der Waals surface area contributed by atoms with Crippen molar-refractivity contribution in [3.8, 4) is 67.9 Å². The van der Waals surface area contributed by atoms with Gasteiger partial charge in [-0.25, -0.2) is 44.9 Å². The van der Waals surface area contributed by atoms with Crippen molar-refractivity contribution >= 4 is 67.1 Å². The number of hydrogen-bond acceptors (Lipinski definition) is 17. The van der Waals surface area contributed by atoms with Crippen LogP contribution in [0.15, 0.2) is 213 Å². The standard InChI is InChI=1S/C31H28N6O.C30H34N8.C29H32N8/c1-31(38)17-23(18-31)30-35-26(27-28(32)33-14-15-36(27)30)22-12-13-25-24(16-22)34-29(21-10-6-3-7-11-21)37(25)19-20-8-4-2-5-9-20;1-3-37-25-10-9-21(19-24(25)33-29(37)20-7-5-4-6-8-20)26-27-28(31)32-11-12-38(27)30(34-26)22-17-23(18-22)36-15-13-35(2)14-16-36;1-34-12-14-36(15-13-34)22-16-21(17-22)29-33-25(26-27(30)31-10-11-37(26)29)20-8-9-24-23(18-20)32-28(35(24)2)19-6-4-3-5-7-19/h2-16,23,38H,17-19H2,1H3,(H2,32,33);4-12,19,22-23H,3,13-18H2,1-2H3,(H2,31,32);3-11,18,21-22H,12-17H2,1-2H3,(H2,30,31). The van der Waals surface area contributed by atoms with Crippen LogP contribution in [0.25, 0.3) is 118 Å². The number of benzene rings is 7. The van der Waals surface area contributed by atoms with Crippen LogP contribution in [0, 0.1) is 0 Å². The number of aliphatic hydroxyl groups is 1. The van der Waals surface area contributed by atoms with E-state index in [0.29, 0.717) is 54.2 Å². The van der Waals surface area contributed by atoms with E-state index in [1.54, 1.807) is 18.6 Å². The Kier molecular flexibility index (Phi) is 18.5. The number of aromatic nitrogens is 15. The lowest BCUT2D eigenvalue weighted by atomic mass is 9.72. The summed E-state index contributed by atoms with van der Waals surface area (Å²) in [6.07, 6.45) is 17.1. The van der Waals surface area contributed by atoms with E-state index in [1.165, 1.54) is 5.56 Å². The second kappa shape index (κ2) is 29.3. The Morgan fingerprint density at radius 3 is 1.16 bits per heavy atom. The molecule has 0 spiro atoms. The van der Waals surface area contributed by atoms with Gasteiger partial charge < -0.3 is 45.8 Å². The second-order valence-corrected chi connectivity index (χ2v) is 31.9. The number of fused-ring (bicyclic) bond motifs is 6. The van der Waals surface area contributed by atoms with E-state index >= 15 is 0 Å². The Labute approximate surface area is 655 Å². The molecule has 21 rings (SSSR count). The number of hydrogen-bond donors (Lipinski definition) is 4. The Morgan fingerprint density at radius 2 is 0.752 bits per heavy atom. The van der Waals surface area contributed by atoms with E-state index in [9.17, 15) is 5.11 Å². The number of imidazole rings is 6. The summed E-state index contributed by atoms with van der Waals surface area (Å²) in [6, 6.07) is 61.9. The minimum Gasteiger partial charge on any atom is -0.390 e. The molecule has 0 atom stereocenters. The number of likely N-dealkylation sites (N-methyl/N-ethyl adjacent to an activating group) is 2. The summed E-state index contributed by atoms with van der Waals surface area (Å²) in [5.41, 5.74) is 37.3. The topological polar surface area (TPSA) is 255 Å². The zero-order chi connectivity index (χ0) is 76.8. The van der Waals surface area contributed by atoms with E-state index in [4.69, 9.17) is 47.1 Å². The highest BCUT2D eigenvalue weighted by Crippen LogP contribution is 2.48. The molecule has 9 aromatic heterocycles. The predicted octanol–water partition coefficient (Wildman–Crippen LogP) is 14.2. The van der Waals surface area contributed by atoms with Crippen molar-refractivity contribution in [2.75, 3.05) is 83.7 Å². The van der Waals surface area contributed by atoms with Gasteiger partial charge in [0.25, 0.3) is 0 Å². The van der Waals surface area contributed by atoms with Gasteiger partial charge in [-0.05, 0) is 108 Å². The van der Waals surface area contributed by atoms with Crippen molar-refractivity contribution in [2.24, 2.45) is 7.05 Å². The minimum atomic E-state index is -0.645. The molecular weight excluding hydrogens is 1410 g/mol. The Balaban J connectivity index is 0.000000114. The maximum atomic E-state index is 10.4. The maximum Gasteiger partial charge on any atom is 0.150 e. The molecule has 16 aromatic rings. The molecule has 113 heavy (non-hydrogen) atoms. The van der Waals surface area contributed by atoms with Gasteiger partial charge in [0.2, 0.25) is 0 Å². The molecule has 11 heterocycles. The van der Waals surface area contributed by atoms with Crippen LogP contribution >= 0.6 is 0 Å². The molecule has 2 saturated heterocycles. The van der Waals surface area contributed by atoms with Crippen LogP contribution in [0.3, 0.4) is 0 Å². The van der Waals surface area contributed by atoms with Gasteiger partial charge in [-0.3, -0.25) is 23.0 Å². The van der Waals surface area contributed by atoms with Gasteiger partial charge in [-0.15, -0.1) is 0 Å². The predicted molar refractivity (Wildman–Crippen MR) is 449 cm³/mol. The molecule has 5 fully saturated rings. The van der Waals surface area contributed by atoms with Gasteiger partial charge in [0.15, 0.2) is 0 Å². The molecule has 7 N–H and O–H groups in total. The third-order valence-corrected chi connectivity index (χ3v) is 24.4. The molecule has 2 aliphatic heterocycles. The Bertz CT molecular complexity index is 6160. The number of nitrogens with zero attached hydrogens (tertiary/aromatic N) is 19. The van der Waals surface area contributed by atoms with E-state index < -0.39 is 5.60 Å². The minimum absolute atomic E-state index is 0.173. The fourth-order valence-electron chi connectivity index (χ4n) is 18.1. The molecule has 0 radical (unpaired) electrons. The normalized spacial score (nSPS) is 20.3. The third kappa shape index (κ3) is 13.3. The number of nitrogen functional groups attached to an aromatic ring is 3. The number of piperazine rings is 2. The lowest BCUT2D eigenvalue weighted by Gasteiger charge is -2.45. The van der Waals surface area contributed by atoms with Crippen LogP contribution in [-0.2, 0) is 20.1 Å². The van der Waals surface area contributed by atoms with Gasteiger partial charge in [0, 0.05) is 173 Å². The molecule has 7 aromatic carbocycles. The van der Waals surface area contributed by atoms with Gasteiger partial charge in [-0.1, -0.05) is 140 Å². The Morgan fingerprint density at radius 1 is 0.398 bits per heavy atom. The molecule has 570 valence electrons. The van der Waals surface area contributed by atoms with E-state index in [1.807, 2.05) is 78.4 Å². The zero-order valence-electron chi connectivity index (χ0n) is 64.6. The third-order valence-electron chi connectivity index (χ3n) is 24.4. The average molecular weight is 1500 g/mol. The number of aryl methyl sites for hydroxylation is 2. The fourth-order valence-corrected chi connectivity index (χ4v) is 18.1. The van der Waals surface area contributed by atoms with Crippen molar-refractivity contribution in [3.63, 3.8) is 0 Å². The first-order valence-corrected chi connectivity index (χ1v) is 39.8. The summed E-state index contributed by atoms with van der Waals surface area (Å²) in [6.45, 7) is 14.9. The number of rotatable bonds is 14. The van der Waals surface area contributed by atoms with Crippen LogP contribution in [-0.4, -0.2) is 181 Å². The fraction of sp³-hybridized carbons (Fsp3) is 0.300. The van der Waals surface area contributed by atoms with Crippen LogP contribution in [0.2, 0.25) is 0 Å². The summed E-state index contributed by atoms with van der Waals surface area (Å²) < 4.78 is 13.1. The highest BCUT2D eigenvalue weighted by molar-refractivity contribution is 5.94. The van der Waals surface area contributed by atoms with Crippen molar-refractivity contribution in [1.82, 2.24) is 91.4 Å². The smallest absolute Gasteiger partial charge is 0.150 e. The first-order valence-electron chi connectivity index (χ1n) is 39.8. The van der Waals surface area contributed by atoms with E-state index in [2.05, 4.69) is 213 Å². The molecule has 23 nitrogen and oxygen atoms in total. The average Bonchev–Trinajstić information content (AvgIpc) is 1.60. The first-order chi connectivity index (χ1) is 55.1.